The number of nitrogens with one attached hydrogen (secondary N) is 2. The molecule has 0 bridgehead atoms. The van der Waals surface area contributed by atoms with Gasteiger partial charge in [-0.3, -0.25) is 9.78 Å². The first-order chi connectivity index (χ1) is 10.0. The Kier molecular flexibility index (Phi) is 3.93. The molecular weight excluding hydrogens is 278 g/mol. The van der Waals surface area contributed by atoms with Gasteiger partial charge in [-0.05, 0) is 10.7 Å². The number of aliphatic carboxylic acids is 1. The third-order valence-corrected chi connectivity index (χ3v) is 2.67. The molecule has 0 saturated carbocycles. The van der Waals surface area contributed by atoms with E-state index in [1.165, 1.54) is 0 Å². The summed E-state index contributed by atoms with van der Waals surface area (Å²) < 4.78 is 0. The van der Waals surface area contributed by atoms with Crippen LogP contribution < -0.4 is 16.6 Å². The van der Waals surface area contributed by atoms with Crippen molar-refractivity contribution in [3.05, 3.63) is 51.2 Å². The molecule has 0 aliphatic carbocycles. The monoisotopic (exact) mass is 289 g/mol. The SMILES string of the molecule is Nc1nc(NC(C(=O)O)c2ccccc2)[nH]c(=O)c1N=O. The molecule has 0 aliphatic heterocycles. The van der Waals surface area contributed by atoms with Gasteiger partial charge in [0.15, 0.2) is 11.9 Å². The Morgan fingerprint density at radius 2 is 2.05 bits per heavy atom. The summed E-state index contributed by atoms with van der Waals surface area (Å²) in [6, 6.07) is 7.17. The number of anilines is 2. The first-order valence-electron chi connectivity index (χ1n) is 5.80. The van der Waals surface area contributed by atoms with E-state index in [0.717, 1.165) is 0 Å². The largest absolute Gasteiger partial charge is 0.479 e. The minimum absolute atomic E-state index is 0.166. The Labute approximate surface area is 117 Å². The Balaban J connectivity index is 2.37. The number of carboxylic acids is 1. The summed E-state index contributed by atoms with van der Waals surface area (Å²) in [5.41, 5.74) is 4.47. The number of nitrogen functional groups attached to an aromatic ring is 1. The molecule has 1 aromatic carbocycles. The predicted octanol–water partition coefficient (Wildman–Crippen LogP) is 0.988. The highest BCUT2D eigenvalue weighted by molar-refractivity contribution is 5.78. The molecule has 108 valence electrons. The van der Waals surface area contributed by atoms with Crippen molar-refractivity contribution in [1.29, 1.82) is 0 Å². The average molecular weight is 289 g/mol. The van der Waals surface area contributed by atoms with Crippen molar-refractivity contribution in [1.82, 2.24) is 9.97 Å². The predicted molar refractivity (Wildman–Crippen MR) is 75.2 cm³/mol. The van der Waals surface area contributed by atoms with Gasteiger partial charge in [0.1, 0.15) is 0 Å². The molecule has 0 spiro atoms. The van der Waals surface area contributed by atoms with Crippen molar-refractivity contribution in [3.63, 3.8) is 0 Å². The van der Waals surface area contributed by atoms with Crippen LogP contribution in [0.15, 0.2) is 40.3 Å². The minimum Gasteiger partial charge on any atom is -0.479 e. The minimum atomic E-state index is -1.17. The molecule has 0 radical (unpaired) electrons. The van der Waals surface area contributed by atoms with Crippen molar-refractivity contribution < 1.29 is 9.90 Å². The lowest BCUT2D eigenvalue weighted by Crippen LogP contribution is -2.24. The summed E-state index contributed by atoms with van der Waals surface area (Å²) in [5, 5.41) is 14.2. The van der Waals surface area contributed by atoms with Crippen LogP contribution in [-0.2, 0) is 4.79 Å². The summed E-state index contributed by atoms with van der Waals surface area (Å²) in [7, 11) is 0. The van der Waals surface area contributed by atoms with Crippen molar-refractivity contribution in [2.24, 2.45) is 5.18 Å². The van der Waals surface area contributed by atoms with E-state index in [2.05, 4.69) is 20.5 Å². The fraction of sp³-hybridized carbons (Fsp3) is 0.0833. The van der Waals surface area contributed by atoms with Gasteiger partial charge in [0, 0.05) is 0 Å². The third kappa shape index (κ3) is 3.03. The molecule has 5 N–H and O–H groups in total. The van der Waals surface area contributed by atoms with Crippen LogP contribution in [0.25, 0.3) is 0 Å². The standard InChI is InChI=1S/C12H11N5O4/c13-9-8(17-21)10(18)16-12(15-9)14-7(11(19)20)6-4-2-1-3-5-6/h1-5,7H,(H,19,20)(H4,13,14,15,16,18). The molecule has 0 aliphatic rings. The number of nitrogens with zero attached hydrogens (tertiary/aromatic N) is 2. The second kappa shape index (κ2) is 5.82. The maximum absolute atomic E-state index is 11.5. The van der Waals surface area contributed by atoms with Crippen LogP contribution in [-0.4, -0.2) is 21.0 Å². The second-order valence-corrected chi connectivity index (χ2v) is 4.07. The molecule has 9 nitrogen and oxygen atoms in total. The first-order valence-corrected chi connectivity index (χ1v) is 5.80. The fourth-order valence-corrected chi connectivity index (χ4v) is 1.71. The van der Waals surface area contributed by atoms with Crippen molar-refractivity contribution >= 4 is 23.4 Å². The second-order valence-electron chi connectivity index (χ2n) is 4.07. The summed E-state index contributed by atoms with van der Waals surface area (Å²) in [5.74, 6) is -1.71. The number of hydrogen-bond donors (Lipinski definition) is 4. The molecule has 0 saturated heterocycles. The molecule has 1 unspecified atom stereocenters. The van der Waals surface area contributed by atoms with E-state index in [1.54, 1.807) is 30.3 Å². The summed E-state index contributed by atoms with van der Waals surface area (Å²) >= 11 is 0. The zero-order chi connectivity index (χ0) is 15.4. The lowest BCUT2D eigenvalue weighted by molar-refractivity contribution is -0.138. The van der Waals surface area contributed by atoms with Gasteiger partial charge in [0.25, 0.3) is 5.56 Å². The number of aromatic nitrogens is 2. The van der Waals surface area contributed by atoms with Crippen molar-refractivity contribution in [2.45, 2.75) is 6.04 Å². The number of H-pyrrole nitrogens is 1. The Hall–Kier alpha value is -3.23. The van der Waals surface area contributed by atoms with Crippen LogP contribution >= 0.6 is 0 Å². The van der Waals surface area contributed by atoms with Crippen LogP contribution in [0.5, 0.6) is 0 Å². The number of carbonyl (C=O) groups is 1. The van der Waals surface area contributed by atoms with E-state index in [9.17, 15) is 19.6 Å². The molecular formula is C12H11N5O4. The maximum atomic E-state index is 11.5. The molecule has 1 atom stereocenters. The normalized spacial score (nSPS) is 11.6. The van der Waals surface area contributed by atoms with E-state index in [0.29, 0.717) is 5.56 Å². The number of carboxylic acid groups (broad SMARTS) is 1. The molecule has 0 amide bonds. The lowest BCUT2D eigenvalue weighted by Gasteiger charge is -2.15. The van der Waals surface area contributed by atoms with Gasteiger partial charge in [-0.1, -0.05) is 30.3 Å². The highest BCUT2D eigenvalue weighted by atomic mass is 16.4. The molecule has 0 fully saturated rings. The molecule has 9 heteroatoms. The lowest BCUT2D eigenvalue weighted by atomic mass is 10.1. The zero-order valence-electron chi connectivity index (χ0n) is 10.6. The number of benzene rings is 1. The summed E-state index contributed by atoms with van der Waals surface area (Å²) in [4.78, 5) is 39.2. The van der Waals surface area contributed by atoms with E-state index in [4.69, 9.17) is 5.73 Å². The van der Waals surface area contributed by atoms with E-state index in [-0.39, 0.29) is 11.8 Å². The summed E-state index contributed by atoms with van der Waals surface area (Å²) in [6.07, 6.45) is 0. The van der Waals surface area contributed by atoms with Gasteiger partial charge in [0.05, 0.1) is 0 Å². The molecule has 2 rings (SSSR count). The van der Waals surface area contributed by atoms with E-state index >= 15 is 0 Å². The number of rotatable bonds is 5. The Morgan fingerprint density at radius 1 is 1.38 bits per heavy atom. The van der Waals surface area contributed by atoms with Crippen molar-refractivity contribution in [3.8, 4) is 0 Å². The van der Waals surface area contributed by atoms with Crippen LogP contribution in [0, 0.1) is 4.91 Å². The van der Waals surface area contributed by atoms with Gasteiger partial charge < -0.3 is 16.2 Å². The number of nitrogens with two attached hydrogens (primary N) is 1. The van der Waals surface area contributed by atoms with Crippen LogP contribution in [0.3, 0.4) is 0 Å². The number of hydrogen-bond acceptors (Lipinski definition) is 7. The Bertz CT molecular complexity index is 728. The van der Waals surface area contributed by atoms with Crippen LogP contribution in [0.1, 0.15) is 11.6 Å². The van der Waals surface area contributed by atoms with Gasteiger partial charge in [-0.15, -0.1) is 4.91 Å². The Morgan fingerprint density at radius 3 is 2.57 bits per heavy atom. The molecule has 1 heterocycles. The molecule has 2 aromatic rings. The first kappa shape index (κ1) is 14.2. The van der Waals surface area contributed by atoms with E-state index in [1.807, 2.05) is 0 Å². The summed E-state index contributed by atoms with van der Waals surface area (Å²) in [6.45, 7) is 0. The number of nitroso groups, excluding NO2 is 1. The molecule has 1 aromatic heterocycles. The third-order valence-electron chi connectivity index (χ3n) is 2.67. The van der Waals surface area contributed by atoms with Crippen molar-refractivity contribution in [2.75, 3.05) is 11.1 Å². The van der Waals surface area contributed by atoms with Gasteiger partial charge in [0.2, 0.25) is 11.6 Å². The van der Waals surface area contributed by atoms with Crippen LogP contribution in [0.4, 0.5) is 17.5 Å². The average Bonchev–Trinajstić information content (AvgIpc) is 2.45. The van der Waals surface area contributed by atoms with Gasteiger partial charge >= 0.3 is 5.97 Å². The topological polar surface area (TPSA) is 151 Å². The quantitative estimate of drug-likeness (QED) is 0.599. The highest BCUT2D eigenvalue weighted by Crippen LogP contribution is 2.19. The van der Waals surface area contributed by atoms with Gasteiger partial charge in [-0.25, -0.2) is 4.79 Å². The van der Waals surface area contributed by atoms with Gasteiger partial charge in [-0.2, -0.15) is 4.98 Å². The molecule has 21 heavy (non-hydrogen) atoms. The fourth-order valence-electron chi connectivity index (χ4n) is 1.71. The van der Waals surface area contributed by atoms with Crippen LogP contribution in [0.2, 0.25) is 0 Å². The maximum Gasteiger partial charge on any atom is 0.330 e. The smallest absolute Gasteiger partial charge is 0.330 e. The zero-order valence-corrected chi connectivity index (χ0v) is 10.6. The van der Waals surface area contributed by atoms with E-state index < -0.39 is 23.3 Å². The number of aromatic amines is 1. The highest BCUT2D eigenvalue weighted by Gasteiger charge is 2.21.